The molecule has 0 aliphatic carbocycles. The normalized spacial score (nSPS) is 9.95. The molecule has 0 radical (unpaired) electrons. The van der Waals surface area contributed by atoms with E-state index >= 15 is 0 Å². The fourth-order valence-corrected chi connectivity index (χ4v) is 1.54. The third-order valence-corrected chi connectivity index (χ3v) is 2.43. The number of nitrogens with zero attached hydrogens (tertiary/aromatic N) is 1. The van der Waals surface area contributed by atoms with Crippen molar-refractivity contribution in [2.75, 3.05) is 32.2 Å². The molecule has 1 aromatic carbocycles. The third-order valence-electron chi connectivity index (χ3n) is 2.43. The SMILES string of the molecule is C=CCCOCCNc1cccc(OC)c1[N+](=O)[O-]. The molecule has 104 valence electrons. The Kier molecular flexibility index (Phi) is 6.38. The summed E-state index contributed by atoms with van der Waals surface area (Å²) in [6, 6.07) is 4.90. The zero-order valence-electron chi connectivity index (χ0n) is 10.9. The van der Waals surface area contributed by atoms with Crippen LogP contribution in [0.2, 0.25) is 0 Å². The van der Waals surface area contributed by atoms with Gasteiger partial charge in [-0.15, -0.1) is 6.58 Å². The molecule has 0 aliphatic heterocycles. The summed E-state index contributed by atoms with van der Waals surface area (Å²) >= 11 is 0. The summed E-state index contributed by atoms with van der Waals surface area (Å²) in [5, 5.41) is 14.0. The second-order valence-electron chi connectivity index (χ2n) is 3.73. The maximum absolute atomic E-state index is 11.0. The number of anilines is 1. The molecule has 0 unspecified atom stereocenters. The van der Waals surface area contributed by atoms with Crippen LogP contribution < -0.4 is 10.1 Å². The fourth-order valence-electron chi connectivity index (χ4n) is 1.54. The topological polar surface area (TPSA) is 73.6 Å². The molecule has 6 nitrogen and oxygen atoms in total. The summed E-state index contributed by atoms with van der Waals surface area (Å²) in [5.41, 5.74) is 0.368. The highest BCUT2D eigenvalue weighted by Gasteiger charge is 2.19. The molecular weight excluding hydrogens is 248 g/mol. The average Bonchev–Trinajstić information content (AvgIpc) is 2.42. The van der Waals surface area contributed by atoms with Crippen LogP contribution in [0.5, 0.6) is 5.75 Å². The number of benzene rings is 1. The molecule has 0 aromatic heterocycles. The van der Waals surface area contributed by atoms with E-state index in [1.54, 1.807) is 24.3 Å². The second-order valence-corrected chi connectivity index (χ2v) is 3.73. The predicted octanol–water partition coefficient (Wildman–Crippen LogP) is 2.61. The van der Waals surface area contributed by atoms with Crippen molar-refractivity contribution in [3.8, 4) is 5.75 Å². The van der Waals surface area contributed by atoms with Gasteiger partial charge < -0.3 is 14.8 Å². The average molecular weight is 266 g/mol. The van der Waals surface area contributed by atoms with Crippen LogP contribution in [0.3, 0.4) is 0 Å². The third kappa shape index (κ3) is 4.59. The van der Waals surface area contributed by atoms with Gasteiger partial charge >= 0.3 is 5.69 Å². The molecule has 6 heteroatoms. The van der Waals surface area contributed by atoms with Gasteiger partial charge in [0.1, 0.15) is 5.69 Å². The summed E-state index contributed by atoms with van der Waals surface area (Å²) in [6.07, 6.45) is 2.57. The Morgan fingerprint density at radius 2 is 2.26 bits per heavy atom. The monoisotopic (exact) mass is 266 g/mol. The zero-order chi connectivity index (χ0) is 14.1. The van der Waals surface area contributed by atoms with Crippen LogP contribution in [0.15, 0.2) is 30.9 Å². The first kappa shape index (κ1) is 15.0. The lowest BCUT2D eigenvalue weighted by atomic mass is 10.2. The van der Waals surface area contributed by atoms with E-state index in [0.29, 0.717) is 25.4 Å². The first-order chi connectivity index (χ1) is 9.20. The number of para-hydroxylation sites is 1. The molecule has 0 spiro atoms. The lowest BCUT2D eigenvalue weighted by molar-refractivity contribution is -0.384. The van der Waals surface area contributed by atoms with Crippen LogP contribution in [-0.4, -0.2) is 31.8 Å². The Labute approximate surface area is 112 Å². The Balaban J connectivity index is 2.57. The van der Waals surface area contributed by atoms with E-state index in [2.05, 4.69) is 11.9 Å². The summed E-state index contributed by atoms with van der Waals surface area (Å²) in [7, 11) is 1.41. The van der Waals surface area contributed by atoms with Crippen LogP contribution in [0.25, 0.3) is 0 Å². The van der Waals surface area contributed by atoms with E-state index in [9.17, 15) is 10.1 Å². The van der Waals surface area contributed by atoms with Crippen molar-refractivity contribution >= 4 is 11.4 Å². The largest absolute Gasteiger partial charge is 0.490 e. The maximum Gasteiger partial charge on any atom is 0.333 e. The van der Waals surface area contributed by atoms with Crippen molar-refractivity contribution < 1.29 is 14.4 Å². The maximum atomic E-state index is 11.0. The van der Waals surface area contributed by atoms with Gasteiger partial charge in [-0.25, -0.2) is 0 Å². The molecule has 1 N–H and O–H groups in total. The molecule has 0 heterocycles. The number of nitro benzene ring substituents is 1. The smallest absolute Gasteiger partial charge is 0.333 e. The van der Waals surface area contributed by atoms with Gasteiger partial charge in [-0.2, -0.15) is 0 Å². The molecule has 1 aromatic rings. The molecule has 19 heavy (non-hydrogen) atoms. The lowest BCUT2D eigenvalue weighted by Gasteiger charge is -2.09. The number of rotatable bonds is 9. The number of nitrogens with one attached hydrogen (secondary N) is 1. The summed E-state index contributed by atoms with van der Waals surface area (Å²) in [5.74, 6) is 0.238. The lowest BCUT2D eigenvalue weighted by Crippen LogP contribution is -2.11. The highest BCUT2D eigenvalue weighted by molar-refractivity contribution is 5.68. The standard InChI is InChI=1S/C13H18N2O4/c1-3-4-9-19-10-8-14-11-6-5-7-12(18-2)13(11)15(16)17/h3,5-7,14H,1,4,8-10H2,2H3. The van der Waals surface area contributed by atoms with E-state index in [4.69, 9.17) is 9.47 Å². The van der Waals surface area contributed by atoms with Gasteiger partial charge in [0, 0.05) is 6.54 Å². The Morgan fingerprint density at radius 1 is 1.47 bits per heavy atom. The Bertz CT molecular complexity index is 435. The zero-order valence-corrected chi connectivity index (χ0v) is 10.9. The summed E-state index contributed by atoms with van der Waals surface area (Å²) in [6.45, 7) is 5.16. The quantitative estimate of drug-likeness (QED) is 0.322. The molecule has 0 bridgehead atoms. The number of nitro groups is 1. The van der Waals surface area contributed by atoms with Gasteiger partial charge in [-0.05, 0) is 18.6 Å². The number of hydrogen-bond acceptors (Lipinski definition) is 5. The fraction of sp³-hybridized carbons (Fsp3) is 0.385. The molecular formula is C13H18N2O4. The van der Waals surface area contributed by atoms with Crippen molar-refractivity contribution in [1.82, 2.24) is 0 Å². The van der Waals surface area contributed by atoms with Gasteiger partial charge in [-0.3, -0.25) is 10.1 Å². The van der Waals surface area contributed by atoms with Crippen LogP contribution in [0.1, 0.15) is 6.42 Å². The Hall–Kier alpha value is -2.08. The van der Waals surface area contributed by atoms with E-state index in [-0.39, 0.29) is 11.4 Å². The predicted molar refractivity (Wildman–Crippen MR) is 73.8 cm³/mol. The highest BCUT2D eigenvalue weighted by atomic mass is 16.6. The van der Waals surface area contributed by atoms with Gasteiger partial charge in [0.05, 0.1) is 25.2 Å². The van der Waals surface area contributed by atoms with E-state index in [0.717, 1.165) is 6.42 Å². The van der Waals surface area contributed by atoms with Crippen molar-refractivity contribution in [3.05, 3.63) is 41.0 Å². The van der Waals surface area contributed by atoms with Gasteiger partial charge in [0.25, 0.3) is 0 Å². The van der Waals surface area contributed by atoms with E-state index in [1.807, 2.05) is 0 Å². The van der Waals surface area contributed by atoms with Gasteiger partial charge in [-0.1, -0.05) is 12.1 Å². The number of ether oxygens (including phenoxy) is 2. The molecule has 0 saturated carbocycles. The molecule has 1 rings (SSSR count). The van der Waals surface area contributed by atoms with Crippen molar-refractivity contribution in [2.45, 2.75) is 6.42 Å². The Morgan fingerprint density at radius 3 is 2.89 bits per heavy atom. The molecule has 0 fully saturated rings. The van der Waals surface area contributed by atoms with Crippen LogP contribution >= 0.6 is 0 Å². The van der Waals surface area contributed by atoms with E-state index in [1.165, 1.54) is 7.11 Å². The second kappa shape index (κ2) is 8.10. The van der Waals surface area contributed by atoms with E-state index < -0.39 is 4.92 Å². The van der Waals surface area contributed by atoms with Crippen LogP contribution in [0, 0.1) is 10.1 Å². The van der Waals surface area contributed by atoms with Gasteiger partial charge in [0.15, 0.2) is 5.75 Å². The minimum absolute atomic E-state index is 0.0592. The summed E-state index contributed by atoms with van der Waals surface area (Å²) < 4.78 is 10.3. The van der Waals surface area contributed by atoms with Gasteiger partial charge in [0.2, 0.25) is 0 Å². The number of hydrogen-bond donors (Lipinski definition) is 1. The molecule has 0 atom stereocenters. The summed E-state index contributed by atoms with van der Waals surface area (Å²) in [4.78, 5) is 10.6. The minimum Gasteiger partial charge on any atom is -0.490 e. The molecule has 0 saturated heterocycles. The highest BCUT2D eigenvalue weighted by Crippen LogP contribution is 2.34. The number of methoxy groups -OCH3 is 1. The first-order valence-electron chi connectivity index (χ1n) is 5.94. The molecule has 0 aliphatic rings. The van der Waals surface area contributed by atoms with Crippen LogP contribution in [-0.2, 0) is 4.74 Å². The van der Waals surface area contributed by atoms with Crippen molar-refractivity contribution in [2.24, 2.45) is 0 Å². The van der Waals surface area contributed by atoms with Crippen molar-refractivity contribution in [1.29, 1.82) is 0 Å². The van der Waals surface area contributed by atoms with Crippen LogP contribution in [0.4, 0.5) is 11.4 Å². The molecule has 0 amide bonds. The first-order valence-corrected chi connectivity index (χ1v) is 5.94. The van der Waals surface area contributed by atoms with Crippen molar-refractivity contribution in [3.63, 3.8) is 0 Å². The minimum atomic E-state index is -0.459.